The normalized spacial score (nSPS) is 26.6. The van der Waals surface area contributed by atoms with Crippen LogP contribution in [0.5, 0.6) is 0 Å². The number of likely N-dealkylation sites (tertiary alicyclic amines) is 1. The standard InChI is InChI=1S/C13H28N2O2/c1-4-16-13(17-5-2)10-15-9-12(8-14)7-6-11(15)3/h11-13H,4-10,14H2,1-3H3. The Hall–Kier alpha value is -0.160. The third-order valence-electron chi connectivity index (χ3n) is 3.53. The summed E-state index contributed by atoms with van der Waals surface area (Å²) in [6.07, 6.45) is 2.39. The van der Waals surface area contributed by atoms with Crippen LogP contribution in [0.3, 0.4) is 0 Å². The van der Waals surface area contributed by atoms with Crippen LogP contribution in [0.1, 0.15) is 33.6 Å². The number of nitrogens with two attached hydrogens (primary N) is 1. The third-order valence-corrected chi connectivity index (χ3v) is 3.53. The zero-order valence-corrected chi connectivity index (χ0v) is 11.5. The summed E-state index contributed by atoms with van der Waals surface area (Å²) in [6.45, 7) is 10.4. The first-order valence-electron chi connectivity index (χ1n) is 6.88. The number of hydrogen-bond donors (Lipinski definition) is 1. The predicted molar refractivity (Wildman–Crippen MR) is 69.9 cm³/mol. The molecule has 17 heavy (non-hydrogen) atoms. The van der Waals surface area contributed by atoms with Gasteiger partial charge in [0, 0.05) is 32.3 Å². The summed E-state index contributed by atoms with van der Waals surface area (Å²) < 4.78 is 11.2. The molecule has 0 saturated carbocycles. The maximum Gasteiger partial charge on any atom is 0.170 e. The molecule has 0 aliphatic carbocycles. The van der Waals surface area contributed by atoms with Crippen LogP contribution in [0, 0.1) is 5.92 Å². The summed E-state index contributed by atoms with van der Waals surface area (Å²) in [7, 11) is 0. The van der Waals surface area contributed by atoms with Crippen molar-refractivity contribution < 1.29 is 9.47 Å². The van der Waals surface area contributed by atoms with Crippen LogP contribution < -0.4 is 5.73 Å². The molecule has 1 heterocycles. The molecule has 1 aliphatic heterocycles. The molecule has 0 bridgehead atoms. The van der Waals surface area contributed by atoms with Gasteiger partial charge in [0.15, 0.2) is 6.29 Å². The molecular weight excluding hydrogens is 216 g/mol. The van der Waals surface area contributed by atoms with Gasteiger partial charge in [0.1, 0.15) is 0 Å². The van der Waals surface area contributed by atoms with Gasteiger partial charge >= 0.3 is 0 Å². The summed E-state index contributed by atoms with van der Waals surface area (Å²) >= 11 is 0. The summed E-state index contributed by atoms with van der Waals surface area (Å²) in [6, 6.07) is 0.612. The van der Waals surface area contributed by atoms with Gasteiger partial charge in [-0.25, -0.2) is 0 Å². The van der Waals surface area contributed by atoms with Gasteiger partial charge in [-0.15, -0.1) is 0 Å². The third kappa shape index (κ3) is 4.92. The van der Waals surface area contributed by atoms with E-state index in [-0.39, 0.29) is 6.29 Å². The Morgan fingerprint density at radius 3 is 2.41 bits per heavy atom. The van der Waals surface area contributed by atoms with Crippen molar-refractivity contribution in [1.29, 1.82) is 0 Å². The highest BCUT2D eigenvalue weighted by Crippen LogP contribution is 2.21. The van der Waals surface area contributed by atoms with Crippen LogP contribution in [0.2, 0.25) is 0 Å². The van der Waals surface area contributed by atoms with Gasteiger partial charge in [0.2, 0.25) is 0 Å². The Bertz CT molecular complexity index is 196. The van der Waals surface area contributed by atoms with Gasteiger partial charge in [0.05, 0.1) is 0 Å². The molecule has 0 spiro atoms. The minimum absolute atomic E-state index is 0.0935. The van der Waals surface area contributed by atoms with E-state index in [0.717, 1.165) is 19.6 Å². The van der Waals surface area contributed by atoms with Gasteiger partial charge in [-0.2, -0.15) is 0 Å². The van der Waals surface area contributed by atoms with Crippen molar-refractivity contribution in [3.05, 3.63) is 0 Å². The molecule has 4 nitrogen and oxygen atoms in total. The molecule has 102 valence electrons. The highest BCUT2D eigenvalue weighted by Gasteiger charge is 2.26. The van der Waals surface area contributed by atoms with Crippen LogP contribution >= 0.6 is 0 Å². The van der Waals surface area contributed by atoms with Crippen LogP contribution in [0.15, 0.2) is 0 Å². The Labute approximate surface area is 105 Å². The Morgan fingerprint density at radius 1 is 1.24 bits per heavy atom. The summed E-state index contributed by atoms with van der Waals surface area (Å²) in [5.74, 6) is 0.634. The smallest absolute Gasteiger partial charge is 0.170 e. The SMILES string of the molecule is CCOC(CN1CC(CN)CCC1C)OCC. The van der Waals surface area contributed by atoms with Gasteiger partial charge < -0.3 is 15.2 Å². The molecule has 1 saturated heterocycles. The van der Waals surface area contributed by atoms with Crippen molar-refractivity contribution in [3.8, 4) is 0 Å². The maximum absolute atomic E-state index is 5.77. The van der Waals surface area contributed by atoms with E-state index in [4.69, 9.17) is 15.2 Å². The lowest BCUT2D eigenvalue weighted by atomic mass is 9.93. The largest absolute Gasteiger partial charge is 0.352 e. The monoisotopic (exact) mass is 244 g/mol. The van der Waals surface area contributed by atoms with Crippen molar-refractivity contribution in [2.75, 3.05) is 32.8 Å². The first kappa shape index (κ1) is 14.9. The maximum atomic E-state index is 5.77. The van der Waals surface area contributed by atoms with E-state index >= 15 is 0 Å². The highest BCUT2D eigenvalue weighted by atomic mass is 16.7. The Morgan fingerprint density at radius 2 is 1.88 bits per heavy atom. The van der Waals surface area contributed by atoms with Crippen LogP contribution in [0.4, 0.5) is 0 Å². The minimum Gasteiger partial charge on any atom is -0.352 e. The van der Waals surface area contributed by atoms with Crippen LogP contribution in [0.25, 0.3) is 0 Å². The van der Waals surface area contributed by atoms with E-state index < -0.39 is 0 Å². The number of rotatable bonds is 7. The molecule has 1 fully saturated rings. The molecule has 0 aromatic rings. The van der Waals surface area contributed by atoms with E-state index in [2.05, 4.69) is 11.8 Å². The topological polar surface area (TPSA) is 47.7 Å². The molecule has 2 unspecified atom stereocenters. The molecule has 0 amide bonds. The lowest BCUT2D eigenvalue weighted by Gasteiger charge is -2.39. The van der Waals surface area contributed by atoms with Gasteiger partial charge in [0.25, 0.3) is 0 Å². The lowest BCUT2D eigenvalue weighted by Crippen LogP contribution is -2.47. The molecule has 2 N–H and O–H groups in total. The number of ether oxygens (including phenoxy) is 2. The van der Waals surface area contributed by atoms with E-state index in [9.17, 15) is 0 Å². The van der Waals surface area contributed by atoms with E-state index in [1.54, 1.807) is 0 Å². The average Bonchev–Trinajstić information content (AvgIpc) is 2.32. The second-order valence-electron chi connectivity index (χ2n) is 4.82. The number of hydrogen-bond acceptors (Lipinski definition) is 4. The predicted octanol–water partition coefficient (Wildman–Crippen LogP) is 1.44. The van der Waals surface area contributed by atoms with Gasteiger partial charge in [-0.3, -0.25) is 4.90 Å². The van der Waals surface area contributed by atoms with E-state index in [1.165, 1.54) is 12.8 Å². The molecule has 0 radical (unpaired) electrons. The van der Waals surface area contributed by atoms with Gasteiger partial charge in [-0.05, 0) is 46.1 Å². The molecule has 1 aliphatic rings. The lowest BCUT2D eigenvalue weighted by molar-refractivity contribution is -0.153. The van der Waals surface area contributed by atoms with Crippen molar-refractivity contribution in [2.45, 2.75) is 45.9 Å². The molecule has 0 aromatic heterocycles. The number of nitrogens with zero attached hydrogens (tertiary/aromatic N) is 1. The fourth-order valence-corrected chi connectivity index (χ4v) is 2.43. The van der Waals surface area contributed by atoms with E-state index in [1.807, 2.05) is 13.8 Å². The van der Waals surface area contributed by atoms with Gasteiger partial charge in [-0.1, -0.05) is 0 Å². The highest BCUT2D eigenvalue weighted by molar-refractivity contribution is 4.80. The molecular formula is C13H28N2O2. The second-order valence-corrected chi connectivity index (χ2v) is 4.82. The first-order chi connectivity index (χ1) is 8.21. The molecule has 2 atom stereocenters. The fourth-order valence-electron chi connectivity index (χ4n) is 2.43. The average molecular weight is 244 g/mol. The van der Waals surface area contributed by atoms with Crippen LogP contribution in [-0.4, -0.2) is 50.1 Å². The minimum atomic E-state index is -0.0935. The summed E-state index contributed by atoms with van der Waals surface area (Å²) in [5.41, 5.74) is 5.77. The van der Waals surface area contributed by atoms with Crippen molar-refractivity contribution >= 4 is 0 Å². The second kappa shape index (κ2) is 8.03. The van der Waals surface area contributed by atoms with Crippen molar-refractivity contribution in [3.63, 3.8) is 0 Å². The zero-order chi connectivity index (χ0) is 12.7. The fraction of sp³-hybridized carbons (Fsp3) is 1.00. The van der Waals surface area contributed by atoms with Crippen molar-refractivity contribution in [2.24, 2.45) is 11.7 Å². The van der Waals surface area contributed by atoms with Crippen LogP contribution in [-0.2, 0) is 9.47 Å². The molecule has 1 rings (SSSR count). The first-order valence-corrected chi connectivity index (χ1v) is 6.88. The quantitative estimate of drug-likeness (QED) is 0.689. The zero-order valence-electron chi connectivity index (χ0n) is 11.5. The van der Waals surface area contributed by atoms with Crippen molar-refractivity contribution in [1.82, 2.24) is 4.90 Å². The van der Waals surface area contributed by atoms with E-state index in [0.29, 0.717) is 25.2 Å². The Balaban J connectivity index is 2.44. The summed E-state index contributed by atoms with van der Waals surface area (Å²) in [4.78, 5) is 2.46. The number of piperidine rings is 1. The summed E-state index contributed by atoms with van der Waals surface area (Å²) in [5, 5.41) is 0. The molecule has 4 heteroatoms. The molecule has 0 aromatic carbocycles. The Kier molecular flexibility index (Phi) is 7.04.